The summed E-state index contributed by atoms with van der Waals surface area (Å²) in [6.07, 6.45) is 5.89. The molecule has 5 heterocycles. The van der Waals surface area contributed by atoms with Gasteiger partial charge in [-0.3, -0.25) is 4.79 Å². The first-order valence-electron chi connectivity index (χ1n) is 11.1. The lowest BCUT2D eigenvalue weighted by molar-refractivity contribution is 0.0843. The summed E-state index contributed by atoms with van der Waals surface area (Å²) in [5, 5.41) is 5.16. The molecule has 0 atom stereocenters. The van der Waals surface area contributed by atoms with E-state index in [1.54, 1.807) is 18.5 Å². The zero-order chi connectivity index (χ0) is 22.1. The molecule has 0 aromatic carbocycles. The molecule has 3 aromatic rings. The van der Waals surface area contributed by atoms with Crippen LogP contribution in [0.3, 0.4) is 0 Å². The van der Waals surface area contributed by atoms with Gasteiger partial charge < -0.3 is 20.3 Å². The van der Waals surface area contributed by atoms with Gasteiger partial charge in [0.05, 0.1) is 30.5 Å². The molecule has 0 saturated carbocycles. The summed E-state index contributed by atoms with van der Waals surface area (Å²) in [6.45, 7) is 4.68. The molecule has 2 saturated heterocycles. The molecular formula is C22H28N8O2. The normalized spacial score (nSPS) is 18.3. The summed E-state index contributed by atoms with van der Waals surface area (Å²) in [6, 6.07) is 3.62. The third kappa shape index (κ3) is 4.15. The van der Waals surface area contributed by atoms with Crippen LogP contribution in [0.25, 0.3) is 22.3 Å². The topological polar surface area (TPSA) is 115 Å². The van der Waals surface area contributed by atoms with Crippen LogP contribution in [-0.2, 0) is 4.74 Å². The van der Waals surface area contributed by atoms with Crippen LogP contribution in [0.1, 0.15) is 24.1 Å². The van der Waals surface area contributed by atoms with Gasteiger partial charge in [-0.2, -0.15) is 14.8 Å². The minimum absolute atomic E-state index is 0.0254. The van der Waals surface area contributed by atoms with Crippen molar-refractivity contribution in [2.45, 2.75) is 19.3 Å². The number of rotatable bonds is 4. The number of nitrogen functional groups attached to an aromatic ring is 1. The molecule has 5 rings (SSSR count). The predicted molar refractivity (Wildman–Crippen MR) is 121 cm³/mol. The Morgan fingerprint density at radius 3 is 2.62 bits per heavy atom. The highest BCUT2D eigenvalue weighted by atomic mass is 16.5. The number of piperidine rings is 1. The number of nitrogens with two attached hydrogens (primary N) is 1. The number of likely N-dealkylation sites (tertiary alicyclic amines) is 1. The number of nitrogens with zero attached hydrogens (tertiary/aromatic N) is 7. The fourth-order valence-electron chi connectivity index (χ4n) is 4.35. The maximum Gasteiger partial charge on any atom is 0.249 e. The number of carbonyl (C=O) groups excluding carboxylic acids is 1. The van der Waals surface area contributed by atoms with E-state index in [0.29, 0.717) is 61.7 Å². The number of anilines is 2. The molecule has 2 N–H and O–H groups in total. The minimum atomic E-state index is -0.0254. The first kappa shape index (κ1) is 20.8. The van der Waals surface area contributed by atoms with E-state index in [-0.39, 0.29) is 5.91 Å². The Bertz CT molecular complexity index is 1100. The molecule has 0 aliphatic carbocycles. The van der Waals surface area contributed by atoms with Gasteiger partial charge in [-0.15, -0.1) is 0 Å². The maximum atomic E-state index is 13.2. The lowest BCUT2D eigenvalue weighted by atomic mass is 9.93. The smallest absolute Gasteiger partial charge is 0.249 e. The predicted octanol–water partition coefficient (Wildman–Crippen LogP) is 1.68. The van der Waals surface area contributed by atoms with Gasteiger partial charge in [-0.25, -0.2) is 9.97 Å². The highest BCUT2D eigenvalue weighted by Crippen LogP contribution is 2.29. The Morgan fingerprint density at radius 1 is 1.12 bits per heavy atom. The van der Waals surface area contributed by atoms with Crippen LogP contribution in [-0.4, -0.2) is 82.0 Å². The second kappa shape index (κ2) is 8.79. The van der Waals surface area contributed by atoms with Gasteiger partial charge in [0, 0.05) is 31.3 Å². The summed E-state index contributed by atoms with van der Waals surface area (Å²) >= 11 is 0. The Hall–Kier alpha value is -3.11. The van der Waals surface area contributed by atoms with E-state index in [0.717, 1.165) is 36.9 Å². The number of carbonyl (C=O) groups is 1. The summed E-state index contributed by atoms with van der Waals surface area (Å²) in [5.74, 6) is 1.36. The molecule has 32 heavy (non-hydrogen) atoms. The molecule has 2 aliphatic rings. The van der Waals surface area contributed by atoms with Gasteiger partial charge >= 0.3 is 0 Å². The molecule has 0 unspecified atom stereocenters. The second-order valence-corrected chi connectivity index (χ2v) is 8.58. The zero-order valence-electron chi connectivity index (χ0n) is 18.3. The number of hydrogen-bond donors (Lipinski definition) is 1. The minimum Gasteiger partial charge on any atom is -0.384 e. The summed E-state index contributed by atoms with van der Waals surface area (Å²) in [5.41, 5.74) is 7.81. The van der Waals surface area contributed by atoms with Crippen LogP contribution < -0.4 is 10.6 Å². The first-order chi connectivity index (χ1) is 15.6. The molecule has 0 radical (unpaired) electrons. The van der Waals surface area contributed by atoms with E-state index in [4.69, 9.17) is 20.4 Å². The van der Waals surface area contributed by atoms with Crippen LogP contribution >= 0.6 is 0 Å². The summed E-state index contributed by atoms with van der Waals surface area (Å²) < 4.78 is 6.93. The van der Waals surface area contributed by atoms with E-state index in [1.165, 1.54) is 4.68 Å². The SMILES string of the molecule is CN1CCC(CC(=O)n2ncc3c(-c4ccc(N)nc4)nc(N4CCOCC4)nc32)CC1. The molecule has 10 heteroatoms. The van der Waals surface area contributed by atoms with Crippen LogP contribution in [0.4, 0.5) is 11.8 Å². The average molecular weight is 437 g/mol. The largest absolute Gasteiger partial charge is 0.384 e. The van der Waals surface area contributed by atoms with Crippen molar-refractivity contribution in [3.8, 4) is 11.3 Å². The molecule has 0 spiro atoms. The zero-order valence-corrected chi connectivity index (χ0v) is 18.3. The number of aromatic nitrogens is 5. The van der Waals surface area contributed by atoms with Crippen molar-refractivity contribution in [2.24, 2.45) is 5.92 Å². The highest BCUT2D eigenvalue weighted by molar-refractivity contribution is 5.96. The molecule has 0 bridgehead atoms. The van der Waals surface area contributed by atoms with Gasteiger partial charge in [0.25, 0.3) is 0 Å². The molecule has 2 fully saturated rings. The lowest BCUT2D eigenvalue weighted by Crippen LogP contribution is -2.37. The average Bonchev–Trinajstić information content (AvgIpc) is 3.25. The molecular weight excluding hydrogens is 408 g/mol. The molecule has 168 valence electrons. The van der Waals surface area contributed by atoms with Gasteiger partial charge in [0.2, 0.25) is 11.9 Å². The first-order valence-corrected chi connectivity index (χ1v) is 11.1. The van der Waals surface area contributed by atoms with E-state index >= 15 is 0 Å². The van der Waals surface area contributed by atoms with Crippen molar-refractivity contribution < 1.29 is 9.53 Å². The van der Waals surface area contributed by atoms with Crippen molar-refractivity contribution >= 4 is 28.7 Å². The van der Waals surface area contributed by atoms with Crippen molar-refractivity contribution in [3.63, 3.8) is 0 Å². The standard InChI is InChI=1S/C22H28N8O2/c1-28-6-4-15(5-7-28)12-19(31)30-21-17(14-25-30)20(16-2-3-18(23)24-13-16)26-22(27-21)29-8-10-32-11-9-29/h2-3,13-15H,4-12H2,1H3,(H2,23,24). The fraction of sp³-hybridized carbons (Fsp3) is 0.500. The Balaban J connectivity index is 1.53. The molecule has 0 amide bonds. The van der Waals surface area contributed by atoms with Gasteiger partial charge in [0.15, 0.2) is 5.65 Å². The Kier molecular flexibility index (Phi) is 5.71. The van der Waals surface area contributed by atoms with Gasteiger partial charge in [0.1, 0.15) is 5.82 Å². The monoisotopic (exact) mass is 436 g/mol. The molecule has 2 aliphatic heterocycles. The van der Waals surface area contributed by atoms with Crippen LogP contribution in [0, 0.1) is 5.92 Å². The van der Waals surface area contributed by atoms with Crippen molar-refractivity contribution in [1.82, 2.24) is 29.6 Å². The van der Waals surface area contributed by atoms with Crippen LogP contribution in [0.15, 0.2) is 24.5 Å². The highest BCUT2D eigenvalue weighted by Gasteiger charge is 2.25. The number of pyridine rings is 1. The summed E-state index contributed by atoms with van der Waals surface area (Å²) in [4.78, 5) is 31.4. The molecule has 10 nitrogen and oxygen atoms in total. The van der Waals surface area contributed by atoms with Crippen molar-refractivity contribution in [2.75, 3.05) is 57.1 Å². The Labute approximate surface area is 186 Å². The van der Waals surface area contributed by atoms with E-state index in [9.17, 15) is 4.79 Å². The van der Waals surface area contributed by atoms with Gasteiger partial charge in [-0.1, -0.05) is 0 Å². The van der Waals surface area contributed by atoms with E-state index < -0.39 is 0 Å². The number of hydrogen-bond acceptors (Lipinski definition) is 9. The van der Waals surface area contributed by atoms with E-state index in [2.05, 4.69) is 26.9 Å². The lowest BCUT2D eigenvalue weighted by Gasteiger charge is -2.28. The number of morpholine rings is 1. The van der Waals surface area contributed by atoms with Crippen LogP contribution in [0.5, 0.6) is 0 Å². The van der Waals surface area contributed by atoms with Crippen molar-refractivity contribution in [3.05, 3.63) is 24.5 Å². The van der Waals surface area contributed by atoms with E-state index in [1.807, 2.05) is 6.07 Å². The maximum absolute atomic E-state index is 13.2. The molecule has 3 aromatic heterocycles. The summed E-state index contributed by atoms with van der Waals surface area (Å²) in [7, 11) is 2.12. The van der Waals surface area contributed by atoms with Crippen LogP contribution in [0.2, 0.25) is 0 Å². The fourth-order valence-corrected chi connectivity index (χ4v) is 4.35. The Morgan fingerprint density at radius 2 is 1.91 bits per heavy atom. The third-order valence-electron chi connectivity index (χ3n) is 6.31. The number of fused-ring (bicyclic) bond motifs is 1. The number of ether oxygens (including phenoxy) is 1. The third-order valence-corrected chi connectivity index (χ3v) is 6.31. The van der Waals surface area contributed by atoms with Gasteiger partial charge in [-0.05, 0) is 51.0 Å². The quantitative estimate of drug-likeness (QED) is 0.652. The van der Waals surface area contributed by atoms with Crippen molar-refractivity contribution in [1.29, 1.82) is 0 Å². The second-order valence-electron chi connectivity index (χ2n) is 8.58.